The SMILES string of the molecule is CCCCCCC(=O)NCC(=O)NC(CC1=CC=CCC1)C(=O)NCC(=O)NCC(=O)NCC(=O)NC(CCN)C(=O)NC(C(=O)NC(CC(C)C)C(=O)NCC(N)=O)C(C)C. The van der Waals surface area contributed by atoms with E-state index < -0.39 is 109 Å². The van der Waals surface area contributed by atoms with Crippen LogP contribution in [0.4, 0.5) is 0 Å². The Kier molecular flexibility index (Phi) is 26.4. The highest BCUT2D eigenvalue weighted by Crippen LogP contribution is 2.17. The minimum atomic E-state index is -1.20. The Balaban J connectivity index is 2.70. The van der Waals surface area contributed by atoms with Crippen molar-refractivity contribution in [2.24, 2.45) is 23.3 Å². The lowest BCUT2D eigenvalue weighted by Crippen LogP contribution is -2.59. The van der Waals surface area contributed by atoms with Crippen molar-refractivity contribution in [3.8, 4) is 0 Å². The summed E-state index contributed by atoms with van der Waals surface area (Å²) in [5.74, 6) is -7.04. The van der Waals surface area contributed by atoms with Crippen molar-refractivity contribution in [2.75, 3.05) is 39.3 Å². The van der Waals surface area contributed by atoms with Gasteiger partial charge in [-0.1, -0.05) is 77.7 Å². The van der Waals surface area contributed by atoms with Gasteiger partial charge in [-0.15, -0.1) is 0 Å². The monoisotopic (exact) mass is 876 g/mol. The molecule has 1 aliphatic rings. The number of amides is 10. The molecule has 0 radical (unpaired) electrons. The maximum atomic E-state index is 13.3. The van der Waals surface area contributed by atoms with Crippen LogP contribution in [-0.4, -0.2) is 123 Å². The third-order valence-corrected chi connectivity index (χ3v) is 9.37. The van der Waals surface area contributed by atoms with Gasteiger partial charge in [-0.05, 0) is 56.9 Å². The minimum absolute atomic E-state index is 0.0223. The van der Waals surface area contributed by atoms with Gasteiger partial charge in [-0.25, -0.2) is 0 Å². The zero-order valence-electron chi connectivity index (χ0n) is 36.7. The first kappa shape index (κ1) is 54.2. The van der Waals surface area contributed by atoms with Crippen molar-refractivity contribution in [1.29, 1.82) is 0 Å². The Morgan fingerprint density at radius 1 is 0.613 bits per heavy atom. The van der Waals surface area contributed by atoms with Gasteiger partial charge in [0.1, 0.15) is 24.2 Å². The quantitative estimate of drug-likeness (QED) is 0.0341. The molecule has 4 unspecified atom stereocenters. The summed E-state index contributed by atoms with van der Waals surface area (Å²) in [6, 6.07) is -4.40. The van der Waals surface area contributed by atoms with Gasteiger partial charge in [0.15, 0.2) is 0 Å². The Morgan fingerprint density at radius 3 is 1.73 bits per heavy atom. The smallest absolute Gasteiger partial charge is 0.243 e. The summed E-state index contributed by atoms with van der Waals surface area (Å²) in [5.41, 5.74) is 11.7. The van der Waals surface area contributed by atoms with Crippen LogP contribution in [0, 0.1) is 11.8 Å². The standard InChI is InChI=1S/C41H69N11O10/c1-6-7-8-12-15-32(54)44-23-36(58)50-30(19-27-13-10-9-11-14-27)39(60)48-22-34(56)45-21-33(55)46-24-35(57)49-28(16-17-42)40(61)52-37(26(4)5)41(62)51-29(18-25(2)3)38(59)47-20-31(43)53/h9-10,13,25-26,28-30,37H,6-8,11-12,14-24,42H2,1-5H3,(H2,43,53)(H,44,54)(H,45,56)(H,46,55)(H,47,59)(H,48,60)(H,49,57)(H,50,58)(H,51,62)(H,52,61). The number of carbonyl (C=O) groups excluding carboxylic acids is 10. The van der Waals surface area contributed by atoms with Crippen LogP contribution in [0.1, 0.15) is 98.8 Å². The third kappa shape index (κ3) is 23.8. The fraction of sp³-hybridized carbons (Fsp3) is 0.659. The second kappa shape index (κ2) is 30.2. The van der Waals surface area contributed by atoms with Crippen LogP contribution in [0.15, 0.2) is 23.8 Å². The van der Waals surface area contributed by atoms with Gasteiger partial charge < -0.3 is 59.3 Å². The van der Waals surface area contributed by atoms with E-state index in [2.05, 4.69) is 54.8 Å². The fourth-order valence-corrected chi connectivity index (χ4v) is 6.02. The molecule has 0 saturated carbocycles. The first-order valence-electron chi connectivity index (χ1n) is 21.2. The summed E-state index contributed by atoms with van der Waals surface area (Å²) in [6.45, 7) is 6.63. The van der Waals surface area contributed by atoms with Crippen LogP contribution in [-0.2, 0) is 47.9 Å². The molecule has 348 valence electrons. The molecule has 62 heavy (non-hydrogen) atoms. The predicted octanol–water partition coefficient (Wildman–Crippen LogP) is -2.32. The third-order valence-electron chi connectivity index (χ3n) is 9.37. The zero-order valence-corrected chi connectivity index (χ0v) is 36.7. The molecule has 0 aromatic carbocycles. The summed E-state index contributed by atoms with van der Waals surface area (Å²) in [7, 11) is 0. The number of nitrogens with one attached hydrogen (secondary N) is 9. The lowest BCUT2D eigenvalue weighted by Gasteiger charge is -2.27. The largest absolute Gasteiger partial charge is 0.368 e. The number of allylic oxidation sites excluding steroid dienone is 3. The second-order valence-electron chi connectivity index (χ2n) is 15.8. The van der Waals surface area contributed by atoms with E-state index in [1.807, 2.05) is 32.1 Å². The number of unbranched alkanes of at least 4 members (excludes halogenated alkanes) is 3. The average Bonchev–Trinajstić information content (AvgIpc) is 3.22. The van der Waals surface area contributed by atoms with Crippen molar-refractivity contribution in [3.05, 3.63) is 23.8 Å². The molecule has 13 N–H and O–H groups in total. The molecule has 4 atom stereocenters. The fourth-order valence-electron chi connectivity index (χ4n) is 6.02. The average molecular weight is 876 g/mol. The van der Waals surface area contributed by atoms with Crippen LogP contribution in [0.5, 0.6) is 0 Å². The number of carbonyl (C=O) groups is 10. The molecule has 1 rings (SSSR count). The number of hydrogen-bond acceptors (Lipinski definition) is 11. The summed E-state index contributed by atoms with van der Waals surface area (Å²) < 4.78 is 0. The highest BCUT2D eigenvalue weighted by molar-refractivity contribution is 5.96. The van der Waals surface area contributed by atoms with Crippen LogP contribution >= 0.6 is 0 Å². The molecule has 21 nitrogen and oxygen atoms in total. The minimum Gasteiger partial charge on any atom is -0.368 e. The highest BCUT2D eigenvalue weighted by Gasteiger charge is 2.32. The van der Waals surface area contributed by atoms with Gasteiger partial charge in [0.2, 0.25) is 59.1 Å². The van der Waals surface area contributed by atoms with E-state index in [0.717, 1.165) is 31.3 Å². The van der Waals surface area contributed by atoms with E-state index >= 15 is 0 Å². The van der Waals surface area contributed by atoms with Crippen molar-refractivity contribution in [2.45, 2.75) is 123 Å². The lowest BCUT2D eigenvalue weighted by molar-refractivity contribution is -0.135. The molecule has 21 heteroatoms. The predicted molar refractivity (Wildman–Crippen MR) is 230 cm³/mol. The number of rotatable bonds is 30. The number of hydrogen-bond donors (Lipinski definition) is 11. The van der Waals surface area contributed by atoms with E-state index in [-0.39, 0.29) is 44.2 Å². The van der Waals surface area contributed by atoms with Crippen LogP contribution in [0.2, 0.25) is 0 Å². The van der Waals surface area contributed by atoms with Crippen LogP contribution in [0.25, 0.3) is 0 Å². The molecule has 0 bridgehead atoms. The van der Waals surface area contributed by atoms with E-state index in [4.69, 9.17) is 11.5 Å². The summed E-state index contributed by atoms with van der Waals surface area (Å²) in [5, 5.41) is 22.3. The Labute approximate surface area is 363 Å². The number of primary amides is 1. The molecular weight excluding hydrogens is 807 g/mol. The van der Waals surface area contributed by atoms with Crippen molar-refractivity contribution in [3.63, 3.8) is 0 Å². The van der Waals surface area contributed by atoms with Crippen molar-refractivity contribution < 1.29 is 47.9 Å². The van der Waals surface area contributed by atoms with Gasteiger partial charge in [0.25, 0.3) is 0 Å². The molecule has 0 saturated heterocycles. The van der Waals surface area contributed by atoms with Gasteiger partial charge in [0.05, 0.1) is 32.7 Å². The van der Waals surface area contributed by atoms with Crippen LogP contribution < -0.4 is 59.3 Å². The first-order valence-corrected chi connectivity index (χ1v) is 21.2. The van der Waals surface area contributed by atoms with E-state index in [1.165, 1.54) is 0 Å². The second-order valence-corrected chi connectivity index (χ2v) is 15.8. The molecule has 0 aliphatic heterocycles. The molecule has 0 heterocycles. The molecule has 0 fully saturated rings. The number of nitrogens with two attached hydrogens (primary N) is 2. The van der Waals surface area contributed by atoms with Crippen LogP contribution in [0.3, 0.4) is 0 Å². The molecular formula is C41H69N11O10. The Bertz CT molecular complexity index is 1620. The molecule has 0 aromatic heterocycles. The topological polar surface area (TPSA) is 331 Å². The van der Waals surface area contributed by atoms with E-state index in [0.29, 0.717) is 19.3 Å². The maximum Gasteiger partial charge on any atom is 0.243 e. The van der Waals surface area contributed by atoms with Gasteiger partial charge in [-0.2, -0.15) is 0 Å². The molecule has 0 spiro atoms. The summed E-state index contributed by atoms with van der Waals surface area (Å²) >= 11 is 0. The van der Waals surface area contributed by atoms with Crippen molar-refractivity contribution >= 4 is 59.1 Å². The normalized spacial score (nSPS) is 13.9. The highest BCUT2D eigenvalue weighted by atomic mass is 16.2. The first-order chi connectivity index (χ1) is 29.4. The molecule has 10 amide bonds. The summed E-state index contributed by atoms with van der Waals surface area (Å²) in [4.78, 5) is 126. The maximum absolute atomic E-state index is 13.3. The molecule has 1 aliphatic carbocycles. The Morgan fingerprint density at radius 2 is 1.18 bits per heavy atom. The Hall–Kier alpha value is -5.86. The lowest BCUT2D eigenvalue weighted by atomic mass is 9.97. The van der Waals surface area contributed by atoms with Gasteiger partial charge >= 0.3 is 0 Å². The van der Waals surface area contributed by atoms with Crippen molar-refractivity contribution in [1.82, 2.24) is 47.9 Å². The summed E-state index contributed by atoms with van der Waals surface area (Å²) in [6.07, 6.45) is 11.5. The molecule has 0 aromatic rings. The van der Waals surface area contributed by atoms with E-state index in [1.54, 1.807) is 13.8 Å². The van der Waals surface area contributed by atoms with E-state index in [9.17, 15) is 47.9 Å². The zero-order chi connectivity index (χ0) is 46.6. The van der Waals surface area contributed by atoms with Gasteiger partial charge in [0, 0.05) is 6.42 Å². The van der Waals surface area contributed by atoms with Gasteiger partial charge in [-0.3, -0.25) is 47.9 Å².